The van der Waals surface area contributed by atoms with E-state index in [1.54, 1.807) is 14.2 Å². The molecule has 0 unspecified atom stereocenters. The highest BCUT2D eigenvalue weighted by molar-refractivity contribution is 5.42. The molecule has 1 aromatic heterocycles. The van der Waals surface area contributed by atoms with Crippen LogP contribution in [0, 0.1) is 0 Å². The Kier molecular flexibility index (Phi) is 5.89. The maximum atomic E-state index is 5.41. The Balaban J connectivity index is 1.56. The van der Waals surface area contributed by atoms with Gasteiger partial charge in [-0.3, -0.25) is 14.8 Å². The minimum atomic E-state index is 0.414. The van der Waals surface area contributed by atoms with E-state index in [1.807, 2.05) is 24.5 Å². The van der Waals surface area contributed by atoms with Crippen molar-refractivity contribution >= 4 is 0 Å². The fraction of sp³-hybridized carbons (Fsp3) is 0.450. The van der Waals surface area contributed by atoms with Gasteiger partial charge in [0.15, 0.2) is 11.5 Å². The molecule has 1 fully saturated rings. The van der Waals surface area contributed by atoms with Crippen molar-refractivity contribution < 1.29 is 9.47 Å². The lowest BCUT2D eigenvalue weighted by Gasteiger charge is -2.38. The molecule has 1 aliphatic heterocycles. The first-order chi connectivity index (χ1) is 12.2. The van der Waals surface area contributed by atoms with Crippen LogP contribution in [0.1, 0.15) is 24.1 Å². The highest BCUT2D eigenvalue weighted by Crippen LogP contribution is 2.28. The molecule has 134 valence electrons. The normalized spacial score (nSPS) is 17.2. The number of benzene rings is 1. The molecule has 0 saturated carbocycles. The van der Waals surface area contributed by atoms with Gasteiger partial charge in [0.2, 0.25) is 0 Å². The van der Waals surface area contributed by atoms with Gasteiger partial charge in [0, 0.05) is 51.2 Å². The average Bonchev–Trinajstić information content (AvgIpc) is 2.68. The minimum absolute atomic E-state index is 0.414. The molecule has 5 heteroatoms. The lowest BCUT2D eigenvalue weighted by atomic mass is 10.1. The van der Waals surface area contributed by atoms with Crippen molar-refractivity contribution in [1.82, 2.24) is 14.8 Å². The first-order valence-corrected chi connectivity index (χ1v) is 8.78. The molecule has 0 radical (unpaired) electrons. The Morgan fingerprint density at radius 3 is 2.44 bits per heavy atom. The van der Waals surface area contributed by atoms with Crippen LogP contribution in [0.5, 0.6) is 11.5 Å². The van der Waals surface area contributed by atoms with Gasteiger partial charge in [-0.2, -0.15) is 0 Å². The average molecular weight is 341 g/mol. The molecule has 0 bridgehead atoms. The van der Waals surface area contributed by atoms with E-state index in [-0.39, 0.29) is 0 Å². The fourth-order valence-corrected chi connectivity index (χ4v) is 3.38. The summed E-state index contributed by atoms with van der Waals surface area (Å²) in [6, 6.07) is 10.8. The first-order valence-electron chi connectivity index (χ1n) is 8.78. The first kappa shape index (κ1) is 17.7. The van der Waals surface area contributed by atoms with Crippen molar-refractivity contribution in [2.75, 3.05) is 40.4 Å². The molecule has 0 spiro atoms. The van der Waals surface area contributed by atoms with Crippen LogP contribution < -0.4 is 9.47 Å². The Labute approximate surface area is 150 Å². The third-order valence-electron chi connectivity index (χ3n) is 4.98. The maximum Gasteiger partial charge on any atom is 0.161 e. The van der Waals surface area contributed by atoms with Crippen molar-refractivity contribution in [3.05, 3.63) is 53.9 Å². The number of rotatable bonds is 6. The predicted molar refractivity (Wildman–Crippen MR) is 99.0 cm³/mol. The molecule has 0 aliphatic carbocycles. The topological polar surface area (TPSA) is 37.8 Å². The summed E-state index contributed by atoms with van der Waals surface area (Å²) >= 11 is 0. The molecular weight excluding hydrogens is 314 g/mol. The number of ether oxygens (including phenoxy) is 2. The summed E-state index contributed by atoms with van der Waals surface area (Å²) in [5, 5.41) is 0. The lowest BCUT2D eigenvalue weighted by Crippen LogP contribution is -2.46. The zero-order valence-corrected chi connectivity index (χ0v) is 15.3. The summed E-state index contributed by atoms with van der Waals surface area (Å²) in [6.45, 7) is 7.49. The summed E-state index contributed by atoms with van der Waals surface area (Å²) in [5.41, 5.74) is 2.54. The number of aromatic nitrogens is 1. The number of nitrogens with zero attached hydrogens (tertiary/aromatic N) is 3. The van der Waals surface area contributed by atoms with Crippen LogP contribution in [-0.2, 0) is 6.54 Å². The quantitative estimate of drug-likeness (QED) is 0.807. The van der Waals surface area contributed by atoms with Crippen LogP contribution in [0.15, 0.2) is 42.7 Å². The monoisotopic (exact) mass is 341 g/mol. The van der Waals surface area contributed by atoms with Crippen molar-refractivity contribution in [2.24, 2.45) is 0 Å². The number of hydrogen-bond acceptors (Lipinski definition) is 5. The zero-order valence-electron chi connectivity index (χ0n) is 15.3. The molecule has 2 heterocycles. The summed E-state index contributed by atoms with van der Waals surface area (Å²) in [6.07, 6.45) is 3.80. The van der Waals surface area contributed by atoms with Gasteiger partial charge in [0.25, 0.3) is 0 Å². The van der Waals surface area contributed by atoms with Gasteiger partial charge in [0.05, 0.1) is 14.2 Å². The third kappa shape index (κ3) is 4.30. The van der Waals surface area contributed by atoms with Gasteiger partial charge in [-0.25, -0.2) is 0 Å². The van der Waals surface area contributed by atoms with Crippen molar-refractivity contribution in [1.29, 1.82) is 0 Å². The standard InChI is InChI=1S/C20H27N3O2/c1-16(18-5-4-8-21-14-18)23-11-9-22(10-12-23)15-17-6-7-19(24-2)20(13-17)25-3/h4-8,13-14,16H,9-12,15H2,1-3H3/t16-/m0/s1. The van der Waals surface area contributed by atoms with Crippen LogP contribution in [0.4, 0.5) is 0 Å². The van der Waals surface area contributed by atoms with Crippen LogP contribution in [-0.4, -0.2) is 55.2 Å². The molecule has 1 atom stereocenters. The number of hydrogen-bond donors (Lipinski definition) is 0. The Morgan fingerprint density at radius 1 is 1.04 bits per heavy atom. The van der Waals surface area contributed by atoms with E-state index >= 15 is 0 Å². The fourth-order valence-electron chi connectivity index (χ4n) is 3.38. The van der Waals surface area contributed by atoms with Gasteiger partial charge in [-0.1, -0.05) is 12.1 Å². The van der Waals surface area contributed by atoms with E-state index < -0.39 is 0 Å². The molecule has 0 amide bonds. The van der Waals surface area contributed by atoms with Gasteiger partial charge in [0.1, 0.15) is 0 Å². The van der Waals surface area contributed by atoms with E-state index in [9.17, 15) is 0 Å². The smallest absolute Gasteiger partial charge is 0.161 e. The second-order valence-corrected chi connectivity index (χ2v) is 6.46. The third-order valence-corrected chi connectivity index (χ3v) is 4.98. The second kappa shape index (κ2) is 8.32. The SMILES string of the molecule is COc1ccc(CN2CCN([C@@H](C)c3cccnc3)CC2)cc1OC. The molecule has 0 N–H and O–H groups in total. The van der Waals surface area contributed by atoms with Crippen LogP contribution in [0.25, 0.3) is 0 Å². The van der Waals surface area contributed by atoms with Crippen molar-refractivity contribution in [3.63, 3.8) is 0 Å². The molecule has 1 aromatic carbocycles. The Bertz CT molecular complexity index is 670. The van der Waals surface area contributed by atoms with Crippen LogP contribution in [0.3, 0.4) is 0 Å². The molecule has 5 nitrogen and oxygen atoms in total. The van der Waals surface area contributed by atoms with Gasteiger partial charge in [-0.15, -0.1) is 0 Å². The van der Waals surface area contributed by atoms with Gasteiger partial charge in [-0.05, 0) is 36.2 Å². The maximum absolute atomic E-state index is 5.41. The molecule has 3 rings (SSSR count). The largest absolute Gasteiger partial charge is 0.493 e. The number of pyridine rings is 1. The Hall–Kier alpha value is -2.11. The van der Waals surface area contributed by atoms with E-state index in [0.717, 1.165) is 44.2 Å². The zero-order chi connectivity index (χ0) is 17.6. The molecule has 25 heavy (non-hydrogen) atoms. The van der Waals surface area contributed by atoms with Crippen LogP contribution in [0.2, 0.25) is 0 Å². The molecular formula is C20H27N3O2. The summed E-state index contributed by atoms with van der Waals surface area (Å²) in [5.74, 6) is 1.57. The second-order valence-electron chi connectivity index (χ2n) is 6.46. The van der Waals surface area contributed by atoms with E-state index in [1.165, 1.54) is 11.1 Å². The van der Waals surface area contributed by atoms with Crippen molar-refractivity contribution in [2.45, 2.75) is 19.5 Å². The van der Waals surface area contributed by atoms with Crippen LogP contribution >= 0.6 is 0 Å². The molecule has 1 aliphatic rings. The lowest BCUT2D eigenvalue weighted by molar-refractivity contribution is 0.0977. The highest BCUT2D eigenvalue weighted by atomic mass is 16.5. The van der Waals surface area contributed by atoms with Gasteiger partial charge < -0.3 is 9.47 Å². The summed E-state index contributed by atoms with van der Waals surface area (Å²) in [4.78, 5) is 9.27. The number of piperazine rings is 1. The molecule has 2 aromatic rings. The highest BCUT2D eigenvalue weighted by Gasteiger charge is 2.22. The minimum Gasteiger partial charge on any atom is -0.493 e. The summed E-state index contributed by atoms with van der Waals surface area (Å²) in [7, 11) is 3.35. The molecule has 1 saturated heterocycles. The van der Waals surface area contributed by atoms with Crippen molar-refractivity contribution in [3.8, 4) is 11.5 Å². The predicted octanol–water partition coefficient (Wildman–Crippen LogP) is 2.98. The van der Waals surface area contributed by atoms with E-state index in [4.69, 9.17) is 9.47 Å². The Morgan fingerprint density at radius 2 is 1.80 bits per heavy atom. The van der Waals surface area contributed by atoms with Gasteiger partial charge >= 0.3 is 0 Å². The van der Waals surface area contributed by atoms with E-state index in [0.29, 0.717) is 6.04 Å². The number of methoxy groups -OCH3 is 2. The van der Waals surface area contributed by atoms with E-state index in [2.05, 4.69) is 39.9 Å². The summed E-state index contributed by atoms with van der Waals surface area (Å²) < 4.78 is 10.7.